The van der Waals surface area contributed by atoms with Crippen LogP contribution in [0.3, 0.4) is 0 Å². The first-order chi connectivity index (χ1) is 11.1. The fraction of sp³-hybridized carbons (Fsp3) is 0.158. The van der Waals surface area contributed by atoms with E-state index in [0.717, 1.165) is 27.4 Å². The molecule has 23 heavy (non-hydrogen) atoms. The first kappa shape index (κ1) is 16.0. The Labute approximate surface area is 146 Å². The van der Waals surface area contributed by atoms with Crippen LogP contribution in [0.4, 0.5) is 0 Å². The number of hydrogen-bond acceptors (Lipinski definition) is 3. The van der Waals surface area contributed by atoms with Crippen LogP contribution in [-0.4, -0.2) is 16.2 Å². The number of hydrogen-bond donors (Lipinski definition) is 0. The fourth-order valence-electron chi connectivity index (χ4n) is 2.46. The zero-order valence-electron chi connectivity index (χ0n) is 13.3. The van der Waals surface area contributed by atoms with E-state index in [4.69, 9.17) is 11.6 Å². The summed E-state index contributed by atoms with van der Waals surface area (Å²) in [7, 11) is 0. The topological polar surface area (TPSA) is 25.8 Å². The fourth-order valence-corrected chi connectivity index (χ4v) is 3.28. The van der Waals surface area contributed by atoms with Gasteiger partial charge in [-0.25, -0.2) is 9.97 Å². The molecule has 0 amide bonds. The smallest absolute Gasteiger partial charge is 0.217 e. The second kappa shape index (κ2) is 6.73. The number of aryl methyl sites for hydroxylation is 2. The molecular weight excluding hydrogens is 324 g/mol. The molecule has 0 radical (unpaired) electrons. The van der Waals surface area contributed by atoms with E-state index >= 15 is 0 Å². The second-order valence-corrected chi connectivity index (χ2v) is 6.59. The highest BCUT2D eigenvalue weighted by Crippen LogP contribution is 2.37. The van der Waals surface area contributed by atoms with Crippen LogP contribution in [0.2, 0.25) is 5.28 Å². The van der Waals surface area contributed by atoms with Crippen molar-refractivity contribution in [3.8, 4) is 22.4 Å². The number of benzene rings is 2. The van der Waals surface area contributed by atoms with Crippen LogP contribution in [0.15, 0.2) is 53.6 Å². The molecule has 0 unspecified atom stereocenters. The van der Waals surface area contributed by atoms with Crippen LogP contribution in [0, 0.1) is 13.8 Å². The van der Waals surface area contributed by atoms with Crippen LogP contribution in [0.25, 0.3) is 22.4 Å². The highest BCUT2D eigenvalue weighted by molar-refractivity contribution is 7.98. The Morgan fingerprint density at radius 2 is 1.30 bits per heavy atom. The minimum atomic E-state index is 0.279. The average molecular weight is 341 g/mol. The maximum atomic E-state index is 6.16. The predicted octanol–water partition coefficient (Wildman–Crippen LogP) is 5.80. The van der Waals surface area contributed by atoms with E-state index < -0.39 is 0 Å². The monoisotopic (exact) mass is 340 g/mol. The van der Waals surface area contributed by atoms with Gasteiger partial charge in [-0.1, -0.05) is 59.7 Å². The van der Waals surface area contributed by atoms with Gasteiger partial charge in [0.15, 0.2) is 0 Å². The van der Waals surface area contributed by atoms with Crippen LogP contribution in [0.5, 0.6) is 0 Å². The number of thioether (sulfide) groups is 1. The van der Waals surface area contributed by atoms with Crippen molar-refractivity contribution in [1.29, 1.82) is 0 Å². The molecule has 0 aliphatic heterocycles. The minimum absolute atomic E-state index is 0.279. The zero-order valence-corrected chi connectivity index (χ0v) is 14.9. The van der Waals surface area contributed by atoms with Crippen molar-refractivity contribution in [2.75, 3.05) is 6.26 Å². The summed E-state index contributed by atoms with van der Waals surface area (Å²) in [5.74, 6) is 0. The summed E-state index contributed by atoms with van der Waals surface area (Å²) < 4.78 is 0. The van der Waals surface area contributed by atoms with E-state index in [1.165, 1.54) is 11.1 Å². The van der Waals surface area contributed by atoms with Gasteiger partial charge >= 0.3 is 0 Å². The lowest BCUT2D eigenvalue weighted by Gasteiger charge is -2.13. The maximum Gasteiger partial charge on any atom is 0.224 e. The van der Waals surface area contributed by atoms with Gasteiger partial charge < -0.3 is 0 Å². The molecular formula is C19H17ClN2S. The van der Waals surface area contributed by atoms with Crippen LogP contribution in [0.1, 0.15) is 11.1 Å². The molecule has 0 N–H and O–H groups in total. The average Bonchev–Trinajstić information content (AvgIpc) is 2.56. The molecule has 0 atom stereocenters. The van der Waals surface area contributed by atoms with Gasteiger partial charge in [-0.2, -0.15) is 0 Å². The quantitative estimate of drug-likeness (QED) is 0.342. The Balaban J connectivity index is 2.27. The lowest BCUT2D eigenvalue weighted by molar-refractivity contribution is 1.06. The molecule has 0 saturated carbocycles. The Morgan fingerprint density at radius 1 is 0.783 bits per heavy atom. The van der Waals surface area contributed by atoms with Crippen molar-refractivity contribution < 1.29 is 0 Å². The summed E-state index contributed by atoms with van der Waals surface area (Å²) in [6.07, 6.45) is 2.01. The van der Waals surface area contributed by atoms with Crippen molar-refractivity contribution in [3.05, 3.63) is 64.9 Å². The number of rotatable bonds is 3. The highest BCUT2D eigenvalue weighted by Gasteiger charge is 2.16. The van der Waals surface area contributed by atoms with E-state index in [0.29, 0.717) is 0 Å². The Bertz CT molecular complexity index is 827. The molecule has 116 valence electrons. The molecule has 3 rings (SSSR count). The third-order valence-corrected chi connectivity index (χ3v) is 4.56. The standard InChI is InChI=1S/C19H17ClN2S/c1-12-4-8-14(9-5-12)16-17(15-10-6-13(2)7-11-15)21-19(20)22-18(16)23-3/h4-11H,1-3H3. The first-order valence-corrected chi connectivity index (χ1v) is 8.94. The van der Waals surface area contributed by atoms with Gasteiger partial charge in [0.2, 0.25) is 5.28 Å². The van der Waals surface area contributed by atoms with Crippen LogP contribution in [-0.2, 0) is 0 Å². The molecule has 2 nitrogen and oxygen atoms in total. The molecule has 3 aromatic rings. The summed E-state index contributed by atoms with van der Waals surface area (Å²) in [6.45, 7) is 4.16. The van der Waals surface area contributed by atoms with Gasteiger partial charge in [0.25, 0.3) is 0 Å². The van der Waals surface area contributed by atoms with Crippen molar-refractivity contribution in [2.24, 2.45) is 0 Å². The van der Waals surface area contributed by atoms with Gasteiger partial charge in [0.1, 0.15) is 5.03 Å². The predicted molar refractivity (Wildman–Crippen MR) is 99.2 cm³/mol. The molecule has 1 heterocycles. The number of nitrogens with zero attached hydrogens (tertiary/aromatic N) is 2. The lowest BCUT2D eigenvalue weighted by atomic mass is 9.99. The second-order valence-electron chi connectivity index (χ2n) is 5.46. The lowest BCUT2D eigenvalue weighted by Crippen LogP contribution is -1.97. The van der Waals surface area contributed by atoms with Crippen LogP contribution >= 0.6 is 23.4 Å². The van der Waals surface area contributed by atoms with E-state index in [9.17, 15) is 0 Å². The van der Waals surface area contributed by atoms with Crippen molar-refractivity contribution in [3.63, 3.8) is 0 Å². The van der Waals surface area contributed by atoms with Gasteiger partial charge in [0.05, 0.1) is 5.69 Å². The number of halogens is 1. The molecule has 1 aromatic heterocycles. The zero-order chi connectivity index (χ0) is 16.4. The molecule has 2 aromatic carbocycles. The van der Waals surface area contributed by atoms with E-state index in [-0.39, 0.29) is 5.28 Å². The molecule has 0 aliphatic carbocycles. The third-order valence-electron chi connectivity index (χ3n) is 3.71. The van der Waals surface area contributed by atoms with Gasteiger partial charge in [-0.05, 0) is 37.3 Å². The molecule has 0 bridgehead atoms. The Kier molecular flexibility index (Phi) is 4.69. The molecule has 0 fully saturated rings. The van der Waals surface area contributed by atoms with Gasteiger partial charge in [-0.3, -0.25) is 0 Å². The van der Waals surface area contributed by atoms with E-state index in [2.05, 4.69) is 72.3 Å². The first-order valence-electron chi connectivity index (χ1n) is 7.34. The Morgan fingerprint density at radius 3 is 1.83 bits per heavy atom. The molecule has 0 saturated heterocycles. The van der Waals surface area contributed by atoms with Crippen molar-refractivity contribution in [1.82, 2.24) is 9.97 Å². The van der Waals surface area contributed by atoms with Crippen LogP contribution < -0.4 is 0 Å². The van der Waals surface area contributed by atoms with Crippen molar-refractivity contribution in [2.45, 2.75) is 18.9 Å². The van der Waals surface area contributed by atoms with E-state index in [1.54, 1.807) is 11.8 Å². The third kappa shape index (κ3) is 3.41. The summed E-state index contributed by atoms with van der Waals surface area (Å²) in [5.41, 5.74) is 6.50. The maximum absolute atomic E-state index is 6.16. The Hall–Kier alpha value is -1.84. The normalized spacial score (nSPS) is 10.8. The summed E-state index contributed by atoms with van der Waals surface area (Å²) >= 11 is 7.74. The number of aromatic nitrogens is 2. The van der Waals surface area contributed by atoms with Crippen molar-refractivity contribution >= 4 is 23.4 Å². The summed E-state index contributed by atoms with van der Waals surface area (Å²) in [5, 5.41) is 1.17. The molecule has 4 heteroatoms. The van der Waals surface area contributed by atoms with Gasteiger partial charge in [0, 0.05) is 11.1 Å². The largest absolute Gasteiger partial charge is 0.224 e. The minimum Gasteiger partial charge on any atom is -0.217 e. The summed E-state index contributed by atoms with van der Waals surface area (Å²) in [4.78, 5) is 8.93. The highest BCUT2D eigenvalue weighted by atomic mass is 35.5. The molecule has 0 aliphatic rings. The SMILES string of the molecule is CSc1nc(Cl)nc(-c2ccc(C)cc2)c1-c1ccc(C)cc1. The van der Waals surface area contributed by atoms with E-state index in [1.807, 2.05) is 6.26 Å². The molecule has 0 spiro atoms. The summed E-state index contributed by atoms with van der Waals surface area (Å²) in [6, 6.07) is 16.8. The van der Waals surface area contributed by atoms with Gasteiger partial charge in [-0.15, -0.1) is 11.8 Å².